The second-order valence-electron chi connectivity index (χ2n) is 7.30. The van der Waals surface area contributed by atoms with Crippen molar-refractivity contribution in [1.82, 2.24) is 0 Å². The van der Waals surface area contributed by atoms with Gasteiger partial charge in [-0.2, -0.15) is 0 Å². The number of halogens is 1. The molecule has 1 unspecified atom stereocenters. The van der Waals surface area contributed by atoms with Gasteiger partial charge >= 0.3 is 0 Å². The van der Waals surface area contributed by atoms with Crippen LogP contribution in [0.4, 0.5) is 0 Å². The number of hydrogen-bond donors (Lipinski definition) is 1. The molecule has 22 heavy (non-hydrogen) atoms. The van der Waals surface area contributed by atoms with Gasteiger partial charge in [-0.3, -0.25) is 4.79 Å². The maximum Gasteiger partial charge on any atom is 0.172 e. The molecule has 0 bridgehead atoms. The third kappa shape index (κ3) is 2.20. The summed E-state index contributed by atoms with van der Waals surface area (Å²) in [4.78, 5) is 13.0. The van der Waals surface area contributed by atoms with Crippen molar-refractivity contribution in [2.24, 2.45) is 5.73 Å². The smallest absolute Gasteiger partial charge is 0.172 e. The lowest BCUT2D eigenvalue weighted by Gasteiger charge is -2.48. The number of Topliss-reactive ketones (excluding diaryl/α,β-unsaturated/α-hetero) is 1. The van der Waals surface area contributed by atoms with Crippen LogP contribution in [-0.4, -0.2) is 60.7 Å². The molecule has 2 rings (SSSR count). The van der Waals surface area contributed by atoms with Crippen LogP contribution >= 0.6 is 11.6 Å². The molecule has 0 fully saturated rings. The highest BCUT2D eigenvalue weighted by atomic mass is 35.5. The molecule has 10 heteroatoms. The van der Waals surface area contributed by atoms with Crippen LogP contribution < -0.4 is 27.6 Å². The summed E-state index contributed by atoms with van der Waals surface area (Å²) in [6.07, 6.45) is 2.76. The molecular formula is C12H19B7ClNO. The van der Waals surface area contributed by atoms with Crippen molar-refractivity contribution in [3.8, 4) is 0 Å². The fourth-order valence-corrected chi connectivity index (χ4v) is 3.90. The van der Waals surface area contributed by atoms with Gasteiger partial charge in [0.15, 0.2) is 5.78 Å². The summed E-state index contributed by atoms with van der Waals surface area (Å²) in [5.74, 6) is -0.0172. The third-order valence-corrected chi connectivity index (χ3v) is 6.18. The maximum atomic E-state index is 13.0. The summed E-state index contributed by atoms with van der Waals surface area (Å²) in [5.41, 5.74) is 11.6. The summed E-state index contributed by atoms with van der Waals surface area (Å²) in [7, 11) is 14.1. The van der Waals surface area contributed by atoms with E-state index in [2.05, 4.69) is 15.7 Å². The van der Waals surface area contributed by atoms with Gasteiger partial charge in [-0.05, 0) is 17.5 Å². The number of nitrogens with two attached hydrogens (primary N) is 1. The Morgan fingerprint density at radius 3 is 2.05 bits per heavy atom. The largest absolute Gasteiger partial charge is 0.316 e. The van der Waals surface area contributed by atoms with E-state index in [9.17, 15) is 4.79 Å². The fraction of sp³-hybridized carbons (Fsp3) is 0.250. The Kier molecular flexibility index (Phi) is 4.38. The van der Waals surface area contributed by atoms with E-state index >= 15 is 0 Å². The minimum Gasteiger partial charge on any atom is -0.316 e. The van der Waals surface area contributed by atoms with E-state index in [1.165, 1.54) is 5.46 Å². The van der Waals surface area contributed by atoms with Crippen LogP contribution in [0.1, 0.15) is 12.0 Å². The summed E-state index contributed by atoms with van der Waals surface area (Å²) in [6.45, 7) is 0. The van der Waals surface area contributed by atoms with Crippen molar-refractivity contribution in [3.05, 3.63) is 22.1 Å². The number of carbonyl (C=O) groups is 1. The van der Waals surface area contributed by atoms with Gasteiger partial charge in [0.2, 0.25) is 0 Å². The van der Waals surface area contributed by atoms with E-state index in [1.54, 1.807) is 0 Å². The molecule has 0 heterocycles. The van der Waals surface area contributed by atoms with E-state index in [4.69, 9.17) is 17.3 Å². The average Bonchev–Trinajstić information content (AvgIpc) is 2.46. The van der Waals surface area contributed by atoms with Crippen LogP contribution in [0.25, 0.3) is 0 Å². The van der Waals surface area contributed by atoms with E-state index in [0.717, 1.165) is 33.8 Å². The second-order valence-corrected chi connectivity index (χ2v) is 7.68. The lowest BCUT2D eigenvalue weighted by Crippen LogP contribution is -2.62. The van der Waals surface area contributed by atoms with Crippen LogP contribution in [-0.2, 0) is 10.3 Å². The Bertz CT molecular complexity index is 689. The zero-order valence-electron chi connectivity index (χ0n) is 14.6. The highest BCUT2D eigenvalue weighted by molar-refractivity contribution is 6.66. The number of ketones is 1. The van der Waals surface area contributed by atoms with E-state index in [0.29, 0.717) is 5.02 Å². The van der Waals surface area contributed by atoms with Crippen LogP contribution in [0.2, 0.25) is 10.2 Å². The summed E-state index contributed by atoms with van der Waals surface area (Å²) >= 11 is 6.69. The molecule has 1 aromatic carbocycles. The predicted molar refractivity (Wildman–Crippen MR) is 116 cm³/mol. The van der Waals surface area contributed by atoms with Gasteiger partial charge in [-0.1, -0.05) is 33.8 Å². The van der Waals surface area contributed by atoms with Crippen molar-refractivity contribution >= 4 is 94.2 Å². The number of rotatable bonds is 1. The molecule has 2 nitrogen and oxygen atoms in total. The normalized spacial score (nSPS) is 24.1. The van der Waals surface area contributed by atoms with Gasteiger partial charge in [0.1, 0.15) is 54.9 Å². The Morgan fingerprint density at radius 2 is 1.50 bits per heavy atom. The molecule has 1 aliphatic carbocycles. The SMILES string of the molecule is BC1=CCC(B)(B)C(N)(c2c(B)c(B)c(B)c(B)c2Cl)C1=O. The van der Waals surface area contributed by atoms with Crippen LogP contribution in [0.5, 0.6) is 0 Å². The molecule has 0 aromatic heterocycles. The zero-order valence-corrected chi connectivity index (χ0v) is 15.4. The Morgan fingerprint density at radius 1 is 1.00 bits per heavy atom. The molecule has 1 aromatic rings. The topological polar surface area (TPSA) is 43.1 Å². The first-order chi connectivity index (χ1) is 9.96. The molecule has 2 N–H and O–H groups in total. The van der Waals surface area contributed by atoms with E-state index < -0.39 is 5.54 Å². The Balaban J connectivity index is 2.91. The third-order valence-electron chi connectivity index (χ3n) is 5.71. The van der Waals surface area contributed by atoms with Gasteiger partial charge in [0, 0.05) is 5.02 Å². The molecule has 106 valence electrons. The van der Waals surface area contributed by atoms with Crippen molar-refractivity contribution in [3.63, 3.8) is 0 Å². The molecule has 0 amide bonds. The van der Waals surface area contributed by atoms with Gasteiger partial charge < -0.3 is 5.73 Å². The van der Waals surface area contributed by atoms with Crippen LogP contribution in [0.3, 0.4) is 0 Å². The molecule has 1 aliphatic rings. The van der Waals surface area contributed by atoms with E-state index in [1.807, 2.05) is 45.3 Å². The Hall–Kier alpha value is -0.665. The molecule has 0 radical (unpaired) electrons. The van der Waals surface area contributed by atoms with Gasteiger partial charge in [0.05, 0.1) is 5.54 Å². The molecular weight excluding hydrogens is 285 g/mol. The molecule has 0 saturated carbocycles. The van der Waals surface area contributed by atoms with Crippen LogP contribution in [0.15, 0.2) is 11.5 Å². The number of carbonyl (C=O) groups excluding carboxylic acids is 1. The molecule has 0 saturated heterocycles. The first-order valence-corrected chi connectivity index (χ1v) is 8.11. The van der Waals surface area contributed by atoms with Crippen molar-refractivity contribution < 1.29 is 4.79 Å². The zero-order chi connectivity index (χ0) is 17.0. The van der Waals surface area contributed by atoms with Gasteiger partial charge in [0.25, 0.3) is 0 Å². The quantitative estimate of drug-likeness (QED) is 0.524. The highest BCUT2D eigenvalue weighted by Gasteiger charge is 2.52. The lowest BCUT2D eigenvalue weighted by molar-refractivity contribution is -0.121. The van der Waals surface area contributed by atoms with Crippen molar-refractivity contribution in [2.45, 2.75) is 17.2 Å². The minimum atomic E-state index is -1.09. The average molecular weight is 304 g/mol. The minimum absolute atomic E-state index is 0.0172. The first kappa shape index (κ1) is 17.7. The summed E-state index contributed by atoms with van der Waals surface area (Å²) < 4.78 is 0. The second kappa shape index (κ2) is 5.45. The van der Waals surface area contributed by atoms with Gasteiger partial charge in [-0.15, -0.1) is 10.9 Å². The summed E-state index contributed by atoms with van der Waals surface area (Å²) in [6, 6.07) is 0. The predicted octanol–water partition coefficient (Wildman–Crippen LogP) is -7.60. The van der Waals surface area contributed by atoms with Crippen molar-refractivity contribution in [1.29, 1.82) is 0 Å². The molecule has 0 aliphatic heterocycles. The van der Waals surface area contributed by atoms with Gasteiger partial charge in [-0.25, -0.2) is 0 Å². The lowest BCUT2D eigenvalue weighted by atomic mass is 9.38. The Labute approximate surface area is 144 Å². The summed E-state index contributed by atoms with van der Waals surface area (Å²) in [5, 5.41) is 0.255. The molecule has 1 atom stereocenters. The standard InChI is InChI=1S/C12H19B7ClNO/c13-3-1-2-11(18,19)12(21,10(3)22)4-5(14)6(15)7(16)8(17)9(4)20/h1H,2,13-19,21H2. The van der Waals surface area contributed by atoms with Crippen molar-refractivity contribution in [2.75, 3.05) is 0 Å². The fourth-order valence-electron chi connectivity index (χ4n) is 3.47. The highest BCUT2D eigenvalue weighted by Crippen LogP contribution is 2.47. The van der Waals surface area contributed by atoms with Crippen LogP contribution in [0, 0.1) is 0 Å². The number of hydrogen-bond acceptors (Lipinski definition) is 2. The first-order valence-electron chi connectivity index (χ1n) is 7.73. The van der Waals surface area contributed by atoms with E-state index in [-0.39, 0.29) is 11.0 Å². The molecule has 0 spiro atoms. The number of allylic oxidation sites excluding steroid dienone is 1. The monoisotopic (exact) mass is 305 g/mol. The maximum absolute atomic E-state index is 13.0. The number of benzene rings is 1.